The van der Waals surface area contributed by atoms with Gasteiger partial charge in [0.2, 0.25) is 5.91 Å². The highest BCUT2D eigenvalue weighted by Crippen LogP contribution is 2.11. The Kier molecular flexibility index (Phi) is 3.60. The summed E-state index contributed by atoms with van der Waals surface area (Å²) in [7, 11) is 0. The van der Waals surface area contributed by atoms with Crippen molar-refractivity contribution in [2.45, 2.75) is 25.8 Å². The summed E-state index contributed by atoms with van der Waals surface area (Å²) < 4.78 is 18.2. The summed E-state index contributed by atoms with van der Waals surface area (Å²) in [6, 6.07) is 3.92. The molecule has 1 aliphatic rings. The quantitative estimate of drug-likeness (QED) is 0.830. The number of amides is 1. The molecular weight excluding hydrogens is 237 g/mol. The summed E-state index contributed by atoms with van der Waals surface area (Å²) in [4.78, 5) is 22.6. The zero-order chi connectivity index (χ0) is 13.1. The summed E-state index contributed by atoms with van der Waals surface area (Å²) >= 11 is 0. The van der Waals surface area contributed by atoms with Crippen LogP contribution in [0.2, 0.25) is 0 Å². The van der Waals surface area contributed by atoms with Crippen LogP contribution >= 0.6 is 0 Å². The van der Waals surface area contributed by atoms with Crippen LogP contribution in [0.3, 0.4) is 0 Å². The van der Waals surface area contributed by atoms with Gasteiger partial charge in [0.05, 0.1) is 11.6 Å². The molecule has 1 atom stereocenters. The number of ether oxygens (including phenoxy) is 1. The number of hydrogen-bond acceptors (Lipinski definition) is 3. The predicted molar refractivity (Wildman–Crippen MR) is 62.6 cm³/mol. The fourth-order valence-electron chi connectivity index (χ4n) is 1.92. The molecular formula is C13H14FNO3. The molecule has 5 heteroatoms. The van der Waals surface area contributed by atoms with Crippen molar-refractivity contribution in [3.05, 3.63) is 35.1 Å². The molecule has 96 valence electrons. The lowest BCUT2D eigenvalue weighted by Gasteiger charge is -2.11. The molecule has 0 unspecified atom stereocenters. The number of benzene rings is 1. The fraction of sp³-hybridized carbons (Fsp3) is 0.385. The van der Waals surface area contributed by atoms with Gasteiger partial charge in [-0.1, -0.05) is 0 Å². The van der Waals surface area contributed by atoms with Crippen LogP contribution in [0.5, 0.6) is 0 Å². The number of hydrogen-bond donors (Lipinski definition) is 1. The second-order valence-electron chi connectivity index (χ2n) is 4.42. The summed E-state index contributed by atoms with van der Waals surface area (Å²) in [5.74, 6) is -1.06. The summed E-state index contributed by atoms with van der Waals surface area (Å²) in [6.07, 6.45) is 1.12. The molecule has 1 aromatic rings. The SMILES string of the molecule is Cc1cc(F)cc(C(=O)OC[C@@H]2CCC(=O)N2)c1. The Bertz CT molecular complexity index is 467. The van der Waals surface area contributed by atoms with Crippen LogP contribution in [0, 0.1) is 12.7 Å². The van der Waals surface area contributed by atoms with Crippen molar-refractivity contribution in [2.75, 3.05) is 6.61 Å². The maximum absolute atomic E-state index is 13.1. The minimum Gasteiger partial charge on any atom is -0.460 e. The number of aryl methyl sites for hydroxylation is 1. The Hall–Kier alpha value is -1.91. The smallest absolute Gasteiger partial charge is 0.338 e. The van der Waals surface area contributed by atoms with Crippen molar-refractivity contribution < 1.29 is 18.7 Å². The average molecular weight is 251 g/mol. The van der Waals surface area contributed by atoms with Crippen molar-refractivity contribution in [1.29, 1.82) is 0 Å². The molecule has 1 heterocycles. The Morgan fingerprint density at radius 1 is 1.50 bits per heavy atom. The minimum absolute atomic E-state index is 0.0300. The van der Waals surface area contributed by atoms with E-state index in [4.69, 9.17) is 4.74 Å². The first-order valence-electron chi connectivity index (χ1n) is 5.78. The van der Waals surface area contributed by atoms with Gasteiger partial charge in [-0.2, -0.15) is 0 Å². The molecule has 0 bridgehead atoms. The lowest BCUT2D eigenvalue weighted by Crippen LogP contribution is -2.30. The van der Waals surface area contributed by atoms with Crippen molar-refractivity contribution in [3.8, 4) is 0 Å². The normalized spacial score (nSPS) is 18.6. The number of carbonyl (C=O) groups is 2. The van der Waals surface area contributed by atoms with Gasteiger partial charge in [0.15, 0.2) is 0 Å². The molecule has 2 rings (SSSR count). The van der Waals surface area contributed by atoms with Crippen LogP contribution in [0.1, 0.15) is 28.8 Å². The van der Waals surface area contributed by atoms with Gasteiger partial charge >= 0.3 is 5.97 Å². The van der Waals surface area contributed by atoms with E-state index in [1.54, 1.807) is 13.0 Å². The first-order chi connectivity index (χ1) is 8.54. The van der Waals surface area contributed by atoms with Gasteiger partial charge in [0.25, 0.3) is 0 Å². The molecule has 1 fully saturated rings. The Morgan fingerprint density at radius 3 is 2.89 bits per heavy atom. The molecule has 1 N–H and O–H groups in total. The monoisotopic (exact) mass is 251 g/mol. The van der Waals surface area contributed by atoms with Crippen molar-refractivity contribution in [2.24, 2.45) is 0 Å². The molecule has 0 saturated carbocycles. The fourth-order valence-corrected chi connectivity index (χ4v) is 1.92. The zero-order valence-electron chi connectivity index (χ0n) is 10.0. The van der Waals surface area contributed by atoms with Crippen LogP contribution in [0.4, 0.5) is 4.39 Å². The largest absolute Gasteiger partial charge is 0.460 e. The molecule has 18 heavy (non-hydrogen) atoms. The molecule has 0 aromatic heterocycles. The second-order valence-corrected chi connectivity index (χ2v) is 4.42. The second kappa shape index (κ2) is 5.16. The van der Waals surface area contributed by atoms with Crippen LogP contribution in [-0.2, 0) is 9.53 Å². The third-order valence-electron chi connectivity index (χ3n) is 2.78. The van der Waals surface area contributed by atoms with Gasteiger partial charge in [-0.05, 0) is 37.1 Å². The predicted octanol–water partition coefficient (Wildman–Crippen LogP) is 1.57. The van der Waals surface area contributed by atoms with Crippen molar-refractivity contribution >= 4 is 11.9 Å². The third kappa shape index (κ3) is 3.06. The number of carbonyl (C=O) groups excluding carboxylic acids is 2. The molecule has 1 aliphatic heterocycles. The van der Waals surface area contributed by atoms with E-state index in [0.29, 0.717) is 18.4 Å². The maximum Gasteiger partial charge on any atom is 0.338 e. The summed E-state index contributed by atoms with van der Waals surface area (Å²) in [5.41, 5.74) is 0.855. The van der Waals surface area contributed by atoms with Crippen LogP contribution in [-0.4, -0.2) is 24.5 Å². The van der Waals surface area contributed by atoms with E-state index in [1.165, 1.54) is 6.07 Å². The first-order valence-corrected chi connectivity index (χ1v) is 5.78. The molecule has 0 radical (unpaired) electrons. The lowest BCUT2D eigenvalue weighted by atomic mass is 10.1. The van der Waals surface area contributed by atoms with E-state index < -0.39 is 11.8 Å². The molecule has 1 aromatic carbocycles. The summed E-state index contributed by atoms with van der Waals surface area (Å²) in [6.45, 7) is 1.83. The highest BCUT2D eigenvalue weighted by atomic mass is 19.1. The minimum atomic E-state index is -0.571. The zero-order valence-corrected chi connectivity index (χ0v) is 10.0. The van der Waals surface area contributed by atoms with Gasteiger partial charge in [0, 0.05) is 6.42 Å². The van der Waals surface area contributed by atoms with Crippen LogP contribution in [0.15, 0.2) is 18.2 Å². The first kappa shape index (κ1) is 12.5. The van der Waals surface area contributed by atoms with Gasteiger partial charge in [-0.15, -0.1) is 0 Å². The summed E-state index contributed by atoms with van der Waals surface area (Å²) in [5, 5.41) is 2.69. The van der Waals surface area contributed by atoms with Crippen molar-refractivity contribution in [3.63, 3.8) is 0 Å². The van der Waals surface area contributed by atoms with Gasteiger partial charge in [0.1, 0.15) is 12.4 Å². The van der Waals surface area contributed by atoms with E-state index in [0.717, 1.165) is 6.07 Å². The number of nitrogens with one attached hydrogen (secondary N) is 1. The molecule has 1 saturated heterocycles. The highest BCUT2D eigenvalue weighted by molar-refractivity contribution is 5.89. The molecule has 4 nitrogen and oxygen atoms in total. The van der Waals surface area contributed by atoms with Gasteiger partial charge in [-0.25, -0.2) is 9.18 Å². The number of halogens is 1. The number of rotatable bonds is 3. The van der Waals surface area contributed by atoms with E-state index in [1.807, 2.05) is 0 Å². The van der Waals surface area contributed by atoms with Crippen LogP contribution < -0.4 is 5.32 Å². The Labute approximate surface area is 104 Å². The number of esters is 1. The Balaban J connectivity index is 1.93. The molecule has 0 spiro atoms. The Morgan fingerprint density at radius 2 is 2.28 bits per heavy atom. The highest BCUT2D eigenvalue weighted by Gasteiger charge is 2.22. The van der Waals surface area contributed by atoms with Crippen LogP contribution in [0.25, 0.3) is 0 Å². The lowest BCUT2D eigenvalue weighted by molar-refractivity contribution is -0.119. The average Bonchev–Trinajstić information content (AvgIpc) is 2.70. The topological polar surface area (TPSA) is 55.4 Å². The molecule has 1 amide bonds. The standard InChI is InChI=1S/C13H14FNO3/c1-8-4-9(6-10(14)5-8)13(17)18-7-11-2-3-12(16)15-11/h4-6,11H,2-3,7H2,1H3,(H,15,16)/t11-/m0/s1. The van der Waals surface area contributed by atoms with Gasteiger partial charge in [-0.3, -0.25) is 4.79 Å². The van der Waals surface area contributed by atoms with Crippen molar-refractivity contribution in [1.82, 2.24) is 5.32 Å². The van der Waals surface area contributed by atoms with Gasteiger partial charge < -0.3 is 10.1 Å². The maximum atomic E-state index is 13.1. The van der Waals surface area contributed by atoms with E-state index in [-0.39, 0.29) is 24.1 Å². The molecule has 0 aliphatic carbocycles. The van der Waals surface area contributed by atoms with E-state index in [2.05, 4.69) is 5.32 Å². The third-order valence-corrected chi connectivity index (χ3v) is 2.78. The van der Waals surface area contributed by atoms with E-state index in [9.17, 15) is 14.0 Å². The van der Waals surface area contributed by atoms with E-state index >= 15 is 0 Å².